The van der Waals surface area contributed by atoms with Gasteiger partial charge in [0.2, 0.25) is 11.7 Å². The highest BCUT2D eigenvalue weighted by Crippen LogP contribution is 2.13. The van der Waals surface area contributed by atoms with Crippen LogP contribution >= 0.6 is 0 Å². The maximum absolute atomic E-state index is 5.15. The molecule has 2 aromatic heterocycles. The predicted octanol–water partition coefficient (Wildman–Crippen LogP) is 1.94. The summed E-state index contributed by atoms with van der Waals surface area (Å²) >= 11 is 0. The summed E-state index contributed by atoms with van der Waals surface area (Å²) in [6.45, 7) is 6.72. The molecule has 0 bridgehead atoms. The van der Waals surface area contributed by atoms with Crippen LogP contribution in [0.1, 0.15) is 25.3 Å². The van der Waals surface area contributed by atoms with Crippen molar-refractivity contribution in [1.82, 2.24) is 20.4 Å². The molecule has 0 amide bonds. The third kappa shape index (κ3) is 3.10. The quantitative estimate of drug-likeness (QED) is 0.872. The van der Waals surface area contributed by atoms with E-state index in [9.17, 15) is 0 Å². The standard InChI is InChI=1S/C12H16N4O/c1-8(2)14-7-11-15-12(16-17-11)10-6-9(3)4-5-13-10/h4-6,8,14H,7H2,1-3H3. The molecule has 0 saturated carbocycles. The van der Waals surface area contributed by atoms with Crippen molar-refractivity contribution in [1.29, 1.82) is 0 Å². The Morgan fingerprint density at radius 2 is 2.24 bits per heavy atom. The van der Waals surface area contributed by atoms with Gasteiger partial charge < -0.3 is 9.84 Å². The minimum absolute atomic E-state index is 0.391. The van der Waals surface area contributed by atoms with Crippen molar-refractivity contribution in [2.24, 2.45) is 0 Å². The topological polar surface area (TPSA) is 63.8 Å². The van der Waals surface area contributed by atoms with Crippen LogP contribution in [0.25, 0.3) is 11.5 Å². The molecule has 2 heterocycles. The van der Waals surface area contributed by atoms with Gasteiger partial charge in [-0.15, -0.1) is 0 Å². The molecular weight excluding hydrogens is 216 g/mol. The van der Waals surface area contributed by atoms with Crippen LogP contribution in [0.5, 0.6) is 0 Å². The lowest BCUT2D eigenvalue weighted by molar-refractivity contribution is 0.362. The molecule has 17 heavy (non-hydrogen) atoms. The van der Waals surface area contributed by atoms with Gasteiger partial charge in [-0.1, -0.05) is 19.0 Å². The highest BCUT2D eigenvalue weighted by atomic mass is 16.5. The van der Waals surface area contributed by atoms with Gasteiger partial charge in [-0.3, -0.25) is 4.98 Å². The molecule has 2 aromatic rings. The van der Waals surface area contributed by atoms with Gasteiger partial charge in [-0.2, -0.15) is 4.98 Å². The van der Waals surface area contributed by atoms with Gasteiger partial charge in [-0.05, 0) is 24.6 Å². The van der Waals surface area contributed by atoms with Crippen molar-refractivity contribution in [2.45, 2.75) is 33.4 Å². The Kier molecular flexibility index (Phi) is 3.49. The van der Waals surface area contributed by atoms with E-state index in [4.69, 9.17) is 4.52 Å². The van der Waals surface area contributed by atoms with Crippen molar-refractivity contribution < 1.29 is 4.52 Å². The third-order valence-corrected chi connectivity index (χ3v) is 2.27. The summed E-state index contributed by atoms with van der Waals surface area (Å²) in [7, 11) is 0. The molecule has 0 saturated heterocycles. The first kappa shape index (κ1) is 11.7. The maximum Gasteiger partial charge on any atom is 0.240 e. The number of hydrogen-bond acceptors (Lipinski definition) is 5. The Morgan fingerprint density at radius 3 is 2.94 bits per heavy atom. The van der Waals surface area contributed by atoms with Crippen LogP contribution in [-0.4, -0.2) is 21.2 Å². The summed E-state index contributed by atoms with van der Waals surface area (Å²) in [5.74, 6) is 1.12. The molecule has 0 aromatic carbocycles. The lowest BCUT2D eigenvalue weighted by Gasteiger charge is -2.02. The molecule has 1 N–H and O–H groups in total. The predicted molar refractivity (Wildman–Crippen MR) is 64.2 cm³/mol. The number of pyridine rings is 1. The molecule has 90 valence electrons. The summed E-state index contributed by atoms with van der Waals surface area (Å²) in [5, 5.41) is 7.14. The zero-order valence-corrected chi connectivity index (χ0v) is 10.3. The van der Waals surface area contributed by atoms with Gasteiger partial charge in [-0.25, -0.2) is 0 Å². The molecular formula is C12H16N4O. The SMILES string of the molecule is Cc1ccnc(-c2noc(CNC(C)C)n2)c1. The first-order valence-corrected chi connectivity index (χ1v) is 5.64. The fraction of sp³-hybridized carbons (Fsp3) is 0.417. The van der Waals surface area contributed by atoms with Crippen molar-refractivity contribution >= 4 is 0 Å². The first-order valence-electron chi connectivity index (χ1n) is 5.64. The lowest BCUT2D eigenvalue weighted by Crippen LogP contribution is -2.21. The van der Waals surface area contributed by atoms with Gasteiger partial charge in [0.1, 0.15) is 5.69 Å². The summed E-state index contributed by atoms with van der Waals surface area (Å²) in [6, 6.07) is 4.26. The molecule has 0 atom stereocenters. The maximum atomic E-state index is 5.15. The van der Waals surface area contributed by atoms with Gasteiger partial charge in [0.15, 0.2) is 0 Å². The number of aryl methyl sites for hydroxylation is 1. The number of nitrogens with one attached hydrogen (secondary N) is 1. The van der Waals surface area contributed by atoms with E-state index >= 15 is 0 Å². The molecule has 2 rings (SSSR count). The number of aromatic nitrogens is 3. The smallest absolute Gasteiger partial charge is 0.240 e. The number of rotatable bonds is 4. The van der Waals surface area contributed by atoms with E-state index < -0.39 is 0 Å². The molecule has 0 aliphatic heterocycles. The molecule has 5 nitrogen and oxygen atoms in total. The van der Waals surface area contributed by atoms with Crippen LogP contribution in [0.3, 0.4) is 0 Å². The number of hydrogen-bond donors (Lipinski definition) is 1. The second-order valence-electron chi connectivity index (χ2n) is 4.27. The monoisotopic (exact) mass is 232 g/mol. The second kappa shape index (κ2) is 5.05. The fourth-order valence-electron chi connectivity index (χ4n) is 1.38. The number of nitrogens with zero attached hydrogens (tertiary/aromatic N) is 3. The summed E-state index contributed by atoms with van der Waals surface area (Å²) in [4.78, 5) is 8.50. The summed E-state index contributed by atoms with van der Waals surface area (Å²) in [5.41, 5.74) is 1.87. The zero-order valence-electron chi connectivity index (χ0n) is 10.3. The summed E-state index contributed by atoms with van der Waals surface area (Å²) < 4.78 is 5.15. The van der Waals surface area contributed by atoms with Crippen molar-refractivity contribution in [3.05, 3.63) is 29.8 Å². The minimum atomic E-state index is 0.391. The van der Waals surface area contributed by atoms with Gasteiger partial charge >= 0.3 is 0 Å². The second-order valence-corrected chi connectivity index (χ2v) is 4.27. The molecule has 0 fully saturated rings. The van der Waals surface area contributed by atoms with E-state index in [1.807, 2.05) is 19.1 Å². The average molecular weight is 232 g/mol. The summed E-state index contributed by atoms with van der Waals surface area (Å²) in [6.07, 6.45) is 1.74. The Bertz CT molecular complexity index is 493. The third-order valence-electron chi connectivity index (χ3n) is 2.27. The van der Waals surface area contributed by atoms with E-state index in [1.54, 1.807) is 6.20 Å². The highest BCUT2D eigenvalue weighted by molar-refractivity contribution is 5.48. The first-order chi connectivity index (χ1) is 8.15. The van der Waals surface area contributed by atoms with Crippen LogP contribution in [0, 0.1) is 6.92 Å². The average Bonchev–Trinajstić information content (AvgIpc) is 2.75. The molecule has 0 radical (unpaired) electrons. The Morgan fingerprint density at radius 1 is 1.41 bits per heavy atom. The van der Waals surface area contributed by atoms with Crippen LogP contribution in [-0.2, 0) is 6.54 Å². The normalized spacial score (nSPS) is 11.1. The van der Waals surface area contributed by atoms with Crippen molar-refractivity contribution in [2.75, 3.05) is 0 Å². The molecule has 0 unspecified atom stereocenters. The van der Waals surface area contributed by atoms with Gasteiger partial charge in [0.05, 0.1) is 6.54 Å². The highest BCUT2D eigenvalue weighted by Gasteiger charge is 2.09. The van der Waals surface area contributed by atoms with Crippen LogP contribution in [0.4, 0.5) is 0 Å². The van der Waals surface area contributed by atoms with Crippen LogP contribution in [0.2, 0.25) is 0 Å². The Hall–Kier alpha value is -1.75. The molecule has 0 spiro atoms. The van der Waals surface area contributed by atoms with E-state index in [2.05, 4.69) is 34.3 Å². The van der Waals surface area contributed by atoms with E-state index in [0.29, 0.717) is 24.3 Å². The van der Waals surface area contributed by atoms with E-state index in [1.165, 1.54) is 0 Å². The zero-order chi connectivity index (χ0) is 12.3. The van der Waals surface area contributed by atoms with E-state index in [-0.39, 0.29) is 0 Å². The van der Waals surface area contributed by atoms with Crippen molar-refractivity contribution in [3.63, 3.8) is 0 Å². The molecule has 0 aliphatic rings. The van der Waals surface area contributed by atoms with Crippen LogP contribution < -0.4 is 5.32 Å². The largest absolute Gasteiger partial charge is 0.337 e. The Balaban J connectivity index is 2.12. The van der Waals surface area contributed by atoms with E-state index in [0.717, 1.165) is 11.3 Å². The van der Waals surface area contributed by atoms with Gasteiger partial charge in [0, 0.05) is 12.2 Å². The molecule has 5 heteroatoms. The van der Waals surface area contributed by atoms with Crippen molar-refractivity contribution in [3.8, 4) is 11.5 Å². The van der Waals surface area contributed by atoms with Crippen LogP contribution in [0.15, 0.2) is 22.9 Å². The molecule has 0 aliphatic carbocycles. The van der Waals surface area contributed by atoms with Gasteiger partial charge in [0.25, 0.3) is 0 Å². The lowest BCUT2D eigenvalue weighted by atomic mass is 10.2. The Labute approximate surface area is 100 Å². The minimum Gasteiger partial charge on any atom is -0.337 e. The fourth-order valence-corrected chi connectivity index (χ4v) is 1.38.